The Bertz CT molecular complexity index is 860. The second kappa shape index (κ2) is 10.2. The van der Waals surface area contributed by atoms with Crippen molar-refractivity contribution >= 4 is 11.8 Å². The molecule has 0 aliphatic carbocycles. The van der Waals surface area contributed by atoms with Crippen LogP contribution in [0.4, 0.5) is 0 Å². The van der Waals surface area contributed by atoms with Gasteiger partial charge in [0, 0.05) is 31.7 Å². The highest BCUT2D eigenvalue weighted by atomic mass is 16.5. The topological polar surface area (TPSA) is 70.7 Å². The standard InChI is InChI=1S/C23H29N3O3/c1-17-7-8-19(13-18(17)2)23(28)25-15-22(27)24-14-20-5-3-4-6-21(20)16-26-9-11-29-12-10-26/h3-8,13H,9-12,14-16H2,1-2H3,(H,24,27)(H,25,28). The van der Waals surface area contributed by atoms with Gasteiger partial charge in [-0.3, -0.25) is 14.5 Å². The van der Waals surface area contributed by atoms with E-state index in [1.165, 1.54) is 5.56 Å². The molecule has 3 rings (SSSR count). The third-order valence-corrected chi connectivity index (χ3v) is 5.27. The van der Waals surface area contributed by atoms with Crippen molar-refractivity contribution in [2.24, 2.45) is 0 Å². The predicted molar refractivity (Wildman–Crippen MR) is 113 cm³/mol. The predicted octanol–water partition coefficient (Wildman–Crippen LogP) is 2.18. The molecule has 2 amide bonds. The van der Waals surface area contributed by atoms with E-state index in [1.54, 1.807) is 6.07 Å². The molecule has 0 atom stereocenters. The molecule has 2 aromatic rings. The van der Waals surface area contributed by atoms with Crippen LogP contribution >= 0.6 is 0 Å². The third kappa shape index (κ3) is 6.14. The minimum atomic E-state index is -0.240. The zero-order valence-electron chi connectivity index (χ0n) is 17.2. The number of amides is 2. The van der Waals surface area contributed by atoms with Crippen molar-refractivity contribution in [1.82, 2.24) is 15.5 Å². The lowest BCUT2D eigenvalue weighted by molar-refractivity contribution is -0.120. The van der Waals surface area contributed by atoms with Gasteiger partial charge in [-0.1, -0.05) is 30.3 Å². The van der Waals surface area contributed by atoms with Crippen molar-refractivity contribution in [3.05, 3.63) is 70.3 Å². The summed E-state index contributed by atoms with van der Waals surface area (Å²) in [5.74, 6) is -0.445. The number of benzene rings is 2. The fourth-order valence-electron chi connectivity index (χ4n) is 3.29. The SMILES string of the molecule is Cc1ccc(C(=O)NCC(=O)NCc2ccccc2CN2CCOCC2)cc1C. The molecule has 1 aliphatic rings. The monoisotopic (exact) mass is 395 g/mol. The van der Waals surface area contributed by atoms with E-state index in [0.29, 0.717) is 12.1 Å². The van der Waals surface area contributed by atoms with E-state index in [2.05, 4.69) is 21.6 Å². The first-order chi connectivity index (χ1) is 14.0. The molecule has 29 heavy (non-hydrogen) atoms. The van der Waals surface area contributed by atoms with E-state index in [0.717, 1.165) is 49.5 Å². The van der Waals surface area contributed by atoms with Gasteiger partial charge in [0.25, 0.3) is 5.91 Å². The summed E-state index contributed by atoms with van der Waals surface area (Å²) in [6, 6.07) is 13.6. The molecule has 2 N–H and O–H groups in total. The van der Waals surface area contributed by atoms with Crippen molar-refractivity contribution in [3.63, 3.8) is 0 Å². The van der Waals surface area contributed by atoms with Gasteiger partial charge < -0.3 is 15.4 Å². The molecule has 1 aliphatic heterocycles. The highest BCUT2D eigenvalue weighted by Crippen LogP contribution is 2.13. The van der Waals surface area contributed by atoms with Gasteiger partial charge >= 0.3 is 0 Å². The van der Waals surface area contributed by atoms with E-state index in [1.807, 2.05) is 44.2 Å². The van der Waals surface area contributed by atoms with Gasteiger partial charge in [-0.2, -0.15) is 0 Å². The molecule has 0 bridgehead atoms. The summed E-state index contributed by atoms with van der Waals surface area (Å²) in [5, 5.41) is 5.60. The number of hydrogen-bond donors (Lipinski definition) is 2. The van der Waals surface area contributed by atoms with Gasteiger partial charge in [0.15, 0.2) is 0 Å². The van der Waals surface area contributed by atoms with E-state index in [9.17, 15) is 9.59 Å². The van der Waals surface area contributed by atoms with Crippen LogP contribution in [0.5, 0.6) is 0 Å². The Hall–Kier alpha value is -2.70. The Labute approximate surface area is 172 Å². The fourth-order valence-corrected chi connectivity index (χ4v) is 3.29. The summed E-state index contributed by atoms with van der Waals surface area (Å²) < 4.78 is 5.40. The zero-order valence-corrected chi connectivity index (χ0v) is 17.2. The van der Waals surface area contributed by atoms with Crippen molar-refractivity contribution in [1.29, 1.82) is 0 Å². The number of carbonyl (C=O) groups is 2. The minimum Gasteiger partial charge on any atom is -0.379 e. The largest absolute Gasteiger partial charge is 0.379 e. The Kier molecular flexibility index (Phi) is 7.38. The van der Waals surface area contributed by atoms with Gasteiger partial charge in [0.1, 0.15) is 0 Å². The first kappa shape index (κ1) is 21.0. The molecule has 0 saturated carbocycles. The Morgan fingerprint density at radius 2 is 1.69 bits per heavy atom. The summed E-state index contributed by atoms with van der Waals surface area (Å²) in [6.07, 6.45) is 0. The van der Waals surface area contributed by atoms with Crippen LogP contribution in [0.15, 0.2) is 42.5 Å². The van der Waals surface area contributed by atoms with Gasteiger partial charge in [0.05, 0.1) is 19.8 Å². The summed E-state index contributed by atoms with van der Waals surface area (Å²) in [6.45, 7) is 8.58. The quantitative estimate of drug-likeness (QED) is 0.754. The summed E-state index contributed by atoms with van der Waals surface area (Å²) >= 11 is 0. The van der Waals surface area contributed by atoms with Gasteiger partial charge in [0.2, 0.25) is 5.91 Å². The van der Waals surface area contributed by atoms with Crippen LogP contribution < -0.4 is 10.6 Å². The second-order valence-corrected chi connectivity index (χ2v) is 7.42. The first-order valence-electron chi connectivity index (χ1n) is 10.0. The lowest BCUT2D eigenvalue weighted by Crippen LogP contribution is -2.37. The summed E-state index contributed by atoms with van der Waals surface area (Å²) in [5.41, 5.74) is 5.05. The molecule has 0 radical (unpaired) electrons. The third-order valence-electron chi connectivity index (χ3n) is 5.27. The molecule has 0 aromatic heterocycles. The number of aryl methyl sites for hydroxylation is 2. The Balaban J connectivity index is 1.49. The van der Waals surface area contributed by atoms with Crippen LogP contribution in [0, 0.1) is 13.8 Å². The van der Waals surface area contributed by atoms with Crippen LogP contribution in [0.1, 0.15) is 32.6 Å². The molecule has 1 saturated heterocycles. The molecule has 6 heteroatoms. The summed E-state index contributed by atoms with van der Waals surface area (Å²) in [7, 11) is 0. The smallest absolute Gasteiger partial charge is 0.251 e. The molecule has 6 nitrogen and oxygen atoms in total. The van der Waals surface area contributed by atoms with Crippen LogP contribution in [0.2, 0.25) is 0 Å². The van der Waals surface area contributed by atoms with E-state index in [4.69, 9.17) is 4.74 Å². The lowest BCUT2D eigenvalue weighted by Gasteiger charge is -2.27. The molecule has 1 heterocycles. The fraction of sp³-hybridized carbons (Fsp3) is 0.391. The molecule has 0 unspecified atom stereocenters. The maximum atomic E-state index is 12.3. The number of ether oxygens (including phenoxy) is 1. The maximum absolute atomic E-state index is 12.3. The minimum absolute atomic E-state index is 0.0443. The number of nitrogens with zero attached hydrogens (tertiary/aromatic N) is 1. The molecule has 1 fully saturated rings. The normalized spacial score (nSPS) is 14.4. The van der Waals surface area contributed by atoms with E-state index < -0.39 is 0 Å². The molecule has 154 valence electrons. The average molecular weight is 396 g/mol. The number of carbonyl (C=O) groups excluding carboxylic acids is 2. The van der Waals surface area contributed by atoms with Crippen LogP contribution in [0.25, 0.3) is 0 Å². The van der Waals surface area contributed by atoms with E-state index >= 15 is 0 Å². The van der Waals surface area contributed by atoms with Crippen LogP contribution in [-0.4, -0.2) is 49.6 Å². The van der Waals surface area contributed by atoms with E-state index in [-0.39, 0.29) is 18.4 Å². The van der Waals surface area contributed by atoms with Gasteiger partial charge in [-0.15, -0.1) is 0 Å². The second-order valence-electron chi connectivity index (χ2n) is 7.42. The molecule has 2 aromatic carbocycles. The number of nitrogens with one attached hydrogen (secondary N) is 2. The maximum Gasteiger partial charge on any atom is 0.251 e. The summed E-state index contributed by atoms with van der Waals surface area (Å²) in [4.78, 5) is 26.8. The number of hydrogen-bond acceptors (Lipinski definition) is 4. The van der Waals surface area contributed by atoms with Gasteiger partial charge in [-0.05, 0) is 48.2 Å². The van der Waals surface area contributed by atoms with Crippen molar-refractivity contribution in [2.45, 2.75) is 26.9 Å². The Morgan fingerprint density at radius 1 is 0.966 bits per heavy atom. The lowest BCUT2D eigenvalue weighted by atomic mass is 10.1. The molecule has 0 spiro atoms. The molecular weight excluding hydrogens is 366 g/mol. The average Bonchev–Trinajstić information content (AvgIpc) is 2.74. The highest BCUT2D eigenvalue weighted by Gasteiger charge is 2.13. The number of morpholine rings is 1. The van der Waals surface area contributed by atoms with Crippen molar-refractivity contribution in [3.8, 4) is 0 Å². The van der Waals surface area contributed by atoms with Crippen molar-refractivity contribution in [2.75, 3.05) is 32.8 Å². The van der Waals surface area contributed by atoms with Crippen LogP contribution in [0.3, 0.4) is 0 Å². The Morgan fingerprint density at radius 3 is 2.41 bits per heavy atom. The highest BCUT2D eigenvalue weighted by molar-refractivity contribution is 5.96. The number of rotatable bonds is 7. The van der Waals surface area contributed by atoms with Crippen LogP contribution in [-0.2, 0) is 22.6 Å². The first-order valence-corrected chi connectivity index (χ1v) is 10.0. The van der Waals surface area contributed by atoms with Crippen molar-refractivity contribution < 1.29 is 14.3 Å². The van der Waals surface area contributed by atoms with Gasteiger partial charge in [-0.25, -0.2) is 0 Å². The zero-order chi connectivity index (χ0) is 20.6. The molecular formula is C23H29N3O3.